The number of amides is 2. The molecule has 0 fully saturated rings. The van der Waals surface area contributed by atoms with Gasteiger partial charge in [0, 0.05) is 12.8 Å². The maximum atomic E-state index is 13.8. The first-order valence-corrected chi connectivity index (χ1v) is 13.1. The quantitative estimate of drug-likeness (QED) is 0.185. The van der Waals surface area contributed by atoms with E-state index in [0.717, 1.165) is 11.1 Å². The van der Waals surface area contributed by atoms with Crippen LogP contribution in [0.3, 0.4) is 0 Å². The van der Waals surface area contributed by atoms with E-state index in [0.29, 0.717) is 34.9 Å². The van der Waals surface area contributed by atoms with E-state index >= 15 is 0 Å². The lowest BCUT2D eigenvalue weighted by molar-refractivity contribution is -0.144. The maximum Gasteiger partial charge on any atom is 0.306 e. The monoisotopic (exact) mass is 535 g/mol. The minimum Gasteiger partial charge on any atom is -0.496 e. The van der Waals surface area contributed by atoms with Crippen molar-refractivity contribution in [3.8, 4) is 17.2 Å². The number of hydrogen-bond donors (Lipinski definition) is 0. The minimum absolute atomic E-state index is 0.0684. The van der Waals surface area contributed by atoms with Gasteiger partial charge in [-0.15, -0.1) is 0 Å². The van der Waals surface area contributed by atoms with Gasteiger partial charge < -0.3 is 14.2 Å². The summed E-state index contributed by atoms with van der Waals surface area (Å²) in [5.41, 5.74) is 3.11. The molecule has 1 heterocycles. The number of benzene rings is 4. The summed E-state index contributed by atoms with van der Waals surface area (Å²) in [5.74, 6) is 0.432. The van der Waals surface area contributed by atoms with Gasteiger partial charge in [-0.05, 0) is 65.9 Å². The van der Waals surface area contributed by atoms with Crippen LogP contribution in [0.4, 0.5) is 5.69 Å². The van der Waals surface area contributed by atoms with Crippen molar-refractivity contribution in [2.24, 2.45) is 0 Å². The van der Waals surface area contributed by atoms with Gasteiger partial charge in [0.1, 0.15) is 23.9 Å². The molecule has 40 heavy (non-hydrogen) atoms. The second kappa shape index (κ2) is 12.3. The van der Waals surface area contributed by atoms with Crippen molar-refractivity contribution >= 4 is 23.5 Å². The number of carbonyl (C=O) groups is 3. The molecule has 0 radical (unpaired) electrons. The summed E-state index contributed by atoms with van der Waals surface area (Å²) >= 11 is 0. The predicted molar refractivity (Wildman–Crippen MR) is 151 cm³/mol. The smallest absolute Gasteiger partial charge is 0.306 e. The van der Waals surface area contributed by atoms with Crippen LogP contribution in [0, 0.1) is 0 Å². The van der Waals surface area contributed by atoms with Gasteiger partial charge in [0.15, 0.2) is 0 Å². The first-order valence-electron chi connectivity index (χ1n) is 13.1. The zero-order chi connectivity index (χ0) is 27.9. The molecule has 4 aromatic carbocycles. The van der Waals surface area contributed by atoms with Crippen LogP contribution in [0.5, 0.6) is 17.2 Å². The Morgan fingerprint density at radius 3 is 2.27 bits per heavy atom. The van der Waals surface area contributed by atoms with Gasteiger partial charge in [0.25, 0.3) is 5.91 Å². The largest absolute Gasteiger partial charge is 0.496 e. The van der Waals surface area contributed by atoms with Gasteiger partial charge in [0.05, 0.1) is 18.4 Å². The van der Waals surface area contributed by atoms with Gasteiger partial charge in [-0.1, -0.05) is 60.7 Å². The van der Waals surface area contributed by atoms with Crippen molar-refractivity contribution in [1.29, 1.82) is 0 Å². The second-order valence-corrected chi connectivity index (χ2v) is 9.39. The molecule has 2 amide bonds. The van der Waals surface area contributed by atoms with E-state index in [2.05, 4.69) is 0 Å². The number of imide groups is 1. The second-order valence-electron chi connectivity index (χ2n) is 9.39. The number of esters is 1. The number of nitrogens with zero attached hydrogens (tertiary/aromatic N) is 1. The van der Waals surface area contributed by atoms with E-state index in [1.54, 1.807) is 30.3 Å². The van der Waals surface area contributed by atoms with Crippen LogP contribution in [-0.4, -0.2) is 24.9 Å². The van der Waals surface area contributed by atoms with Crippen LogP contribution >= 0.6 is 0 Å². The first kappa shape index (κ1) is 26.7. The van der Waals surface area contributed by atoms with Crippen LogP contribution in [0.25, 0.3) is 0 Å². The Morgan fingerprint density at radius 2 is 1.52 bits per heavy atom. The number of fused-ring (bicyclic) bond motifs is 1. The molecule has 1 aliphatic rings. The summed E-state index contributed by atoms with van der Waals surface area (Å²) in [6.45, 7) is 0.172. The van der Waals surface area contributed by atoms with Gasteiger partial charge in [0.2, 0.25) is 5.91 Å². The van der Waals surface area contributed by atoms with E-state index in [9.17, 15) is 14.4 Å². The summed E-state index contributed by atoms with van der Waals surface area (Å²) < 4.78 is 17.0. The fourth-order valence-corrected chi connectivity index (χ4v) is 4.76. The highest BCUT2D eigenvalue weighted by molar-refractivity contribution is 6.23. The molecule has 0 saturated carbocycles. The van der Waals surface area contributed by atoms with Gasteiger partial charge in [-0.2, -0.15) is 0 Å². The highest BCUT2D eigenvalue weighted by Crippen LogP contribution is 2.39. The fraction of sp³-hybridized carbons (Fsp3) is 0.182. The number of para-hydroxylation sites is 2. The Labute approximate surface area is 232 Å². The molecule has 0 atom stereocenters. The lowest BCUT2D eigenvalue weighted by Crippen LogP contribution is -2.41. The molecule has 1 aliphatic heterocycles. The predicted octanol–water partition coefficient (Wildman–Crippen LogP) is 6.28. The van der Waals surface area contributed by atoms with Gasteiger partial charge >= 0.3 is 5.97 Å². The molecular formula is C33H29NO6. The van der Waals surface area contributed by atoms with Crippen molar-refractivity contribution in [2.45, 2.75) is 32.3 Å². The Bertz CT molecular complexity index is 1520. The topological polar surface area (TPSA) is 82.1 Å². The summed E-state index contributed by atoms with van der Waals surface area (Å²) in [4.78, 5) is 40.9. The zero-order valence-electron chi connectivity index (χ0n) is 22.2. The van der Waals surface area contributed by atoms with Crippen molar-refractivity contribution in [2.75, 3.05) is 12.0 Å². The molecule has 0 aromatic heterocycles. The van der Waals surface area contributed by atoms with E-state index in [1.807, 2.05) is 66.7 Å². The Morgan fingerprint density at radius 1 is 0.825 bits per heavy atom. The lowest BCUT2D eigenvalue weighted by atomic mass is 9.93. The highest BCUT2D eigenvalue weighted by Gasteiger charge is 2.34. The fourth-order valence-electron chi connectivity index (χ4n) is 4.76. The van der Waals surface area contributed by atoms with E-state index in [-0.39, 0.29) is 43.3 Å². The zero-order valence-corrected chi connectivity index (χ0v) is 22.2. The van der Waals surface area contributed by atoms with Crippen molar-refractivity contribution in [1.82, 2.24) is 0 Å². The molecular weight excluding hydrogens is 506 g/mol. The Balaban J connectivity index is 1.47. The summed E-state index contributed by atoms with van der Waals surface area (Å²) in [6.07, 6.45) is 0.937. The number of ether oxygens (including phenoxy) is 3. The molecule has 7 nitrogen and oxygen atoms in total. The number of methoxy groups -OCH3 is 1. The summed E-state index contributed by atoms with van der Waals surface area (Å²) in [5, 5.41) is 0. The van der Waals surface area contributed by atoms with E-state index < -0.39 is 5.91 Å². The lowest BCUT2D eigenvalue weighted by Gasteiger charge is -2.31. The summed E-state index contributed by atoms with van der Waals surface area (Å²) in [6, 6.07) is 29.3. The van der Waals surface area contributed by atoms with Crippen LogP contribution in [0.2, 0.25) is 0 Å². The van der Waals surface area contributed by atoms with Crippen LogP contribution < -0.4 is 14.4 Å². The van der Waals surface area contributed by atoms with Crippen molar-refractivity contribution in [3.63, 3.8) is 0 Å². The molecule has 5 rings (SSSR count). The average Bonchev–Trinajstić information content (AvgIpc) is 2.99. The molecule has 202 valence electrons. The molecule has 0 bridgehead atoms. The molecule has 0 spiro atoms. The number of rotatable bonds is 9. The first-order chi connectivity index (χ1) is 19.5. The van der Waals surface area contributed by atoms with E-state index in [1.165, 1.54) is 12.0 Å². The Kier molecular flexibility index (Phi) is 8.21. The van der Waals surface area contributed by atoms with Crippen LogP contribution in [0.15, 0.2) is 97.1 Å². The van der Waals surface area contributed by atoms with Crippen molar-refractivity contribution in [3.05, 3.63) is 119 Å². The number of carbonyl (C=O) groups excluding carboxylic acids is 3. The summed E-state index contributed by atoms with van der Waals surface area (Å²) in [7, 11) is 1.48. The van der Waals surface area contributed by atoms with Crippen LogP contribution in [-0.2, 0) is 33.8 Å². The van der Waals surface area contributed by atoms with Gasteiger partial charge in [-0.25, -0.2) is 4.90 Å². The third kappa shape index (κ3) is 6.04. The van der Waals surface area contributed by atoms with E-state index in [4.69, 9.17) is 14.2 Å². The normalized spacial score (nSPS) is 12.4. The molecule has 0 unspecified atom stereocenters. The van der Waals surface area contributed by atoms with Gasteiger partial charge in [-0.3, -0.25) is 14.4 Å². The Hall–Kier alpha value is -4.91. The molecule has 0 saturated heterocycles. The number of aryl methyl sites for hydroxylation is 2. The highest BCUT2D eigenvalue weighted by atomic mass is 16.5. The number of anilines is 1. The molecule has 7 heteroatoms. The van der Waals surface area contributed by atoms with Crippen molar-refractivity contribution < 1.29 is 28.6 Å². The third-order valence-electron chi connectivity index (χ3n) is 6.68. The standard InChI is InChI=1S/C33H29NO6/c1-38-29-15-9-8-14-28(29)33(37)34-30(35)18-16-24-20-27(40-26-12-6-3-7-13-26)21-25(32(24)34)17-19-31(36)39-22-23-10-4-2-5-11-23/h2-15,20-21H,16-19,22H2,1H3. The number of hydrogen-bond acceptors (Lipinski definition) is 6. The molecule has 0 aliphatic carbocycles. The average molecular weight is 536 g/mol. The molecule has 0 N–H and O–H groups in total. The maximum absolute atomic E-state index is 13.8. The van der Waals surface area contributed by atoms with Crippen LogP contribution in [0.1, 0.15) is 39.9 Å². The SMILES string of the molecule is COc1ccccc1C(=O)N1C(=O)CCc2cc(Oc3ccccc3)cc(CCC(=O)OCc3ccccc3)c21. The molecule has 4 aromatic rings. The third-order valence-corrected chi connectivity index (χ3v) is 6.68. The minimum atomic E-state index is -0.479.